The van der Waals surface area contributed by atoms with Crippen LogP contribution < -0.4 is 5.32 Å². The van der Waals surface area contributed by atoms with Crippen molar-refractivity contribution in [2.45, 2.75) is 24.9 Å². The Morgan fingerprint density at radius 2 is 1.83 bits per heavy atom. The number of nitrogens with zero attached hydrogens (tertiary/aromatic N) is 3. The zero-order valence-corrected chi connectivity index (χ0v) is 15.6. The van der Waals surface area contributed by atoms with E-state index in [4.69, 9.17) is 0 Å². The summed E-state index contributed by atoms with van der Waals surface area (Å²) in [4.78, 5) is 25.4. The number of carbonyl (C=O) groups excluding carboxylic acids is 1. The molecule has 1 aromatic carbocycles. The van der Waals surface area contributed by atoms with Gasteiger partial charge in [-0.05, 0) is 48.3 Å². The van der Waals surface area contributed by atoms with Gasteiger partial charge in [-0.15, -0.1) is 0 Å². The van der Waals surface area contributed by atoms with E-state index in [9.17, 15) is 27.9 Å². The van der Waals surface area contributed by atoms with Gasteiger partial charge in [0.2, 0.25) is 0 Å². The normalized spacial score (nSPS) is 23.0. The van der Waals surface area contributed by atoms with E-state index in [1.807, 2.05) is 0 Å². The Bertz CT molecular complexity index is 968. The number of halogens is 3. The number of urea groups is 1. The van der Waals surface area contributed by atoms with Crippen LogP contribution in [0, 0.1) is 24.0 Å². The summed E-state index contributed by atoms with van der Waals surface area (Å²) in [5.74, 6) is -1.31. The van der Waals surface area contributed by atoms with Gasteiger partial charge in [-0.3, -0.25) is 0 Å². The van der Waals surface area contributed by atoms with Gasteiger partial charge in [0.05, 0.1) is 18.1 Å². The summed E-state index contributed by atoms with van der Waals surface area (Å²) in [6.45, 7) is 0.801. The van der Waals surface area contributed by atoms with E-state index in [2.05, 4.69) is 27.6 Å². The Morgan fingerprint density at radius 1 is 1.17 bits per heavy atom. The summed E-state index contributed by atoms with van der Waals surface area (Å²) in [6, 6.07) is 7.03. The third kappa shape index (κ3) is 3.75. The molecule has 30 heavy (non-hydrogen) atoms. The Balaban J connectivity index is 1.42. The number of alkyl halides is 3. The number of carboxylic acid groups (broad SMARTS) is 1. The molecular weight excluding hydrogens is 401 g/mol. The molecule has 2 aromatic rings. The standard InChI is InChI=1S/C20H17F3N4O3/c21-20(22,23)16-4-2-1-3-14(16)11-5-12-9-27(10-13(12)6-11)19(30)26-17-8-25-24-7-15(17)18(28)29/h1,3,7-8,11-13H,5-6,9-10H2,(H,28,29)(H,24,26,30)/t11-,12-,13+. The van der Waals surface area contributed by atoms with Gasteiger partial charge in [-0.25, -0.2) is 9.59 Å². The second-order valence-electron chi connectivity index (χ2n) is 7.58. The molecule has 2 amide bonds. The maximum Gasteiger partial charge on any atom is 0.424 e. The number of aromatic nitrogens is 2. The highest BCUT2D eigenvalue weighted by atomic mass is 19.4. The largest absolute Gasteiger partial charge is 0.478 e. The summed E-state index contributed by atoms with van der Waals surface area (Å²) in [5, 5.41) is 18.8. The van der Waals surface area contributed by atoms with Crippen LogP contribution in [0.2, 0.25) is 0 Å². The average molecular weight is 418 g/mol. The van der Waals surface area contributed by atoms with Crippen molar-refractivity contribution in [3.63, 3.8) is 0 Å². The van der Waals surface area contributed by atoms with Crippen molar-refractivity contribution in [1.82, 2.24) is 15.1 Å². The molecule has 3 atom stereocenters. The fourth-order valence-electron chi connectivity index (χ4n) is 4.48. The van der Waals surface area contributed by atoms with Crippen LogP contribution in [-0.2, 0) is 6.18 Å². The number of carboxylic acids is 1. The number of carbonyl (C=O) groups is 2. The highest BCUT2D eigenvalue weighted by molar-refractivity contribution is 5.99. The van der Waals surface area contributed by atoms with Gasteiger partial charge >= 0.3 is 18.2 Å². The highest BCUT2D eigenvalue weighted by Gasteiger charge is 2.45. The van der Waals surface area contributed by atoms with Crippen LogP contribution in [0.5, 0.6) is 0 Å². The summed E-state index contributed by atoms with van der Waals surface area (Å²) in [5.41, 5.74) is -0.658. The van der Waals surface area contributed by atoms with Crippen LogP contribution >= 0.6 is 0 Å². The highest BCUT2D eigenvalue weighted by Crippen LogP contribution is 2.48. The molecule has 1 aromatic heterocycles. The van der Waals surface area contributed by atoms with Crippen LogP contribution in [0.4, 0.5) is 23.7 Å². The van der Waals surface area contributed by atoms with E-state index in [0.717, 1.165) is 12.4 Å². The van der Waals surface area contributed by atoms with Crippen molar-refractivity contribution in [1.29, 1.82) is 0 Å². The Hall–Kier alpha value is -3.35. The smallest absolute Gasteiger partial charge is 0.424 e. The van der Waals surface area contributed by atoms with Gasteiger partial charge in [-0.2, -0.15) is 23.4 Å². The molecule has 2 aliphatic rings. The molecule has 0 radical (unpaired) electrons. The van der Waals surface area contributed by atoms with Crippen LogP contribution in [0.3, 0.4) is 0 Å². The first-order valence-corrected chi connectivity index (χ1v) is 9.33. The lowest BCUT2D eigenvalue weighted by atomic mass is 9.92. The topological polar surface area (TPSA) is 95.4 Å². The van der Waals surface area contributed by atoms with Crippen molar-refractivity contribution >= 4 is 17.7 Å². The van der Waals surface area contributed by atoms with Gasteiger partial charge in [-0.1, -0.05) is 12.1 Å². The van der Waals surface area contributed by atoms with Crippen LogP contribution in [0.25, 0.3) is 0 Å². The summed E-state index contributed by atoms with van der Waals surface area (Å²) in [6.07, 6.45) is -1.17. The number of aromatic carboxylic acids is 1. The Kier molecular flexibility index (Phi) is 4.97. The fraction of sp³-hybridized carbons (Fsp3) is 0.400. The molecule has 7 nitrogen and oxygen atoms in total. The molecule has 1 saturated heterocycles. The first-order chi connectivity index (χ1) is 14.2. The van der Waals surface area contributed by atoms with Gasteiger partial charge in [0.1, 0.15) is 11.1 Å². The minimum atomic E-state index is -4.48. The molecule has 1 aliphatic carbocycles. The average Bonchev–Trinajstić information content (AvgIpc) is 3.27. The predicted molar refractivity (Wildman–Crippen MR) is 97.7 cm³/mol. The maximum absolute atomic E-state index is 13.3. The van der Waals surface area contributed by atoms with Crippen molar-refractivity contribution in [3.05, 3.63) is 53.3 Å². The van der Waals surface area contributed by atoms with E-state index in [1.165, 1.54) is 12.1 Å². The molecule has 156 valence electrons. The van der Waals surface area contributed by atoms with E-state index >= 15 is 0 Å². The molecular formula is C20H17F3N4O3. The van der Waals surface area contributed by atoms with Gasteiger partial charge in [0, 0.05) is 13.1 Å². The number of amides is 2. The SMILES string of the molecule is O=C(O)c1cnncc1NC(=O)N1C[C@H]2C[C@@H](c3ccc#cc3C(F)(F)F)C[C@H]2C1. The number of hydrogen-bond donors (Lipinski definition) is 2. The molecule has 2 fully saturated rings. The molecule has 10 heteroatoms. The van der Waals surface area contributed by atoms with E-state index in [0.29, 0.717) is 25.9 Å². The summed E-state index contributed by atoms with van der Waals surface area (Å²) in [7, 11) is 0. The molecule has 2 N–H and O–H groups in total. The monoisotopic (exact) mass is 418 g/mol. The molecule has 0 bridgehead atoms. The fourth-order valence-corrected chi connectivity index (χ4v) is 4.48. The lowest BCUT2D eigenvalue weighted by Gasteiger charge is -2.21. The quantitative estimate of drug-likeness (QED) is 0.796. The van der Waals surface area contributed by atoms with Crippen LogP contribution in [-0.4, -0.2) is 45.3 Å². The second-order valence-corrected chi connectivity index (χ2v) is 7.58. The van der Waals surface area contributed by atoms with Crippen molar-refractivity contribution < 1.29 is 27.9 Å². The second kappa shape index (κ2) is 7.48. The van der Waals surface area contributed by atoms with Crippen LogP contribution in [0.1, 0.15) is 40.2 Å². The molecule has 1 saturated carbocycles. The minimum absolute atomic E-state index is 0.0447. The van der Waals surface area contributed by atoms with E-state index < -0.39 is 23.7 Å². The molecule has 0 spiro atoms. The zero-order chi connectivity index (χ0) is 21.5. The first kappa shape index (κ1) is 19.9. The number of nitrogens with one attached hydrogen (secondary N) is 1. The molecule has 0 unspecified atom stereocenters. The zero-order valence-electron chi connectivity index (χ0n) is 15.6. The molecule has 2 heterocycles. The lowest BCUT2D eigenvalue weighted by Crippen LogP contribution is -2.34. The number of anilines is 1. The third-order valence-electron chi connectivity index (χ3n) is 5.80. The van der Waals surface area contributed by atoms with E-state index in [-0.39, 0.29) is 34.6 Å². The molecule has 1 aliphatic heterocycles. The third-order valence-corrected chi connectivity index (χ3v) is 5.80. The van der Waals surface area contributed by atoms with Crippen LogP contribution in [0.15, 0.2) is 24.5 Å². The number of hydrogen-bond acceptors (Lipinski definition) is 4. The van der Waals surface area contributed by atoms with Gasteiger partial charge in [0.25, 0.3) is 0 Å². The van der Waals surface area contributed by atoms with Gasteiger partial charge in [0.15, 0.2) is 0 Å². The maximum atomic E-state index is 13.3. The number of likely N-dealkylation sites (tertiary alicyclic amines) is 1. The van der Waals surface area contributed by atoms with Crippen molar-refractivity contribution in [3.8, 4) is 0 Å². The predicted octanol–water partition coefficient (Wildman–Crippen LogP) is 3.45. The molecule has 4 rings (SSSR count). The first-order valence-electron chi connectivity index (χ1n) is 9.33. The number of fused-ring (bicyclic) bond motifs is 1. The summed E-state index contributed by atoms with van der Waals surface area (Å²) < 4.78 is 39.9. The Labute approximate surface area is 169 Å². The Morgan fingerprint density at radius 3 is 2.47 bits per heavy atom. The lowest BCUT2D eigenvalue weighted by molar-refractivity contribution is -0.138. The van der Waals surface area contributed by atoms with Crippen molar-refractivity contribution in [2.75, 3.05) is 18.4 Å². The minimum Gasteiger partial charge on any atom is -0.478 e. The summed E-state index contributed by atoms with van der Waals surface area (Å²) >= 11 is 0. The van der Waals surface area contributed by atoms with E-state index in [1.54, 1.807) is 4.90 Å². The van der Waals surface area contributed by atoms with Gasteiger partial charge < -0.3 is 15.3 Å². The number of rotatable bonds is 3. The van der Waals surface area contributed by atoms with Crippen molar-refractivity contribution in [2.24, 2.45) is 11.8 Å².